The van der Waals surface area contributed by atoms with Gasteiger partial charge < -0.3 is 5.32 Å². The van der Waals surface area contributed by atoms with E-state index in [9.17, 15) is 0 Å². The monoisotopic (exact) mass is 246 g/mol. The number of nitrogens with zero attached hydrogens (tertiary/aromatic N) is 1. The lowest BCUT2D eigenvalue weighted by atomic mass is 10.1. The maximum atomic E-state index is 5.83. The summed E-state index contributed by atoms with van der Waals surface area (Å²) in [5, 5.41) is 3.79. The summed E-state index contributed by atoms with van der Waals surface area (Å²) in [7, 11) is 0. The number of benzene rings is 1. The van der Waals surface area contributed by atoms with Crippen LogP contribution in [0.5, 0.6) is 0 Å². The van der Waals surface area contributed by atoms with E-state index in [1.165, 1.54) is 11.1 Å². The molecule has 0 aliphatic carbocycles. The van der Waals surface area contributed by atoms with Gasteiger partial charge in [0.2, 0.25) is 0 Å². The molecule has 0 saturated heterocycles. The number of hydrogen-bond donors (Lipinski definition) is 1. The van der Waals surface area contributed by atoms with Crippen LogP contribution in [0.25, 0.3) is 0 Å². The fourth-order valence-corrected chi connectivity index (χ4v) is 1.93. The molecule has 2 rings (SSSR count). The average Bonchev–Trinajstić information content (AvgIpc) is 2.37. The van der Waals surface area contributed by atoms with Gasteiger partial charge in [0.1, 0.15) is 11.0 Å². The van der Waals surface area contributed by atoms with Gasteiger partial charge in [-0.15, -0.1) is 0 Å². The summed E-state index contributed by atoms with van der Waals surface area (Å²) in [5.74, 6) is 0.809. The second-order valence-corrected chi connectivity index (χ2v) is 4.21. The summed E-state index contributed by atoms with van der Waals surface area (Å²) in [4.78, 5) is 4.20. The van der Waals surface area contributed by atoms with Crippen LogP contribution in [0.15, 0.2) is 42.5 Å². The minimum absolute atomic E-state index is 0.513. The number of hydrogen-bond acceptors (Lipinski definition) is 2. The first kappa shape index (κ1) is 11.9. The number of anilines is 1. The van der Waals surface area contributed by atoms with Crippen molar-refractivity contribution in [2.45, 2.75) is 19.9 Å². The Bertz CT molecular complexity index is 497. The molecular formula is C14H15ClN2. The smallest absolute Gasteiger partial charge is 0.131 e. The lowest BCUT2D eigenvalue weighted by Crippen LogP contribution is -2.03. The zero-order valence-electron chi connectivity index (χ0n) is 9.78. The van der Waals surface area contributed by atoms with Crippen LogP contribution < -0.4 is 5.32 Å². The largest absolute Gasteiger partial charge is 0.366 e. The first-order valence-corrected chi connectivity index (χ1v) is 6.10. The Kier molecular flexibility index (Phi) is 3.99. The van der Waals surface area contributed by atoms with E-state index < -0.39 is 0 Å². The van der Waals surface area contributed by atoms with E-state index in [-0.39, 0.29) is 0 Å². The van der Waals surface area contributed by atoms with E-state index in [1.807, 2.05) is 12.1 Å². The summed E-state index contributed by atoms with van der Waals surface area (Å²) in [5.41, 5.74) is 2.67. The molecular weight excluding hydrogens is 232 g/mol. The van der Waals surface area contributed by atoms with Crippen molar-refractivity contribution >= 4 is 17.4 Å². The minimum Gasteiger partial charge on any atom is -0.366 e. The molecule has 1 aromatic heterocycles. The van der Waals surface area contributed by atoms with Crippen molar-refractivity contribution in [1.82, 2.24) is 4.98 Å². The van der Waals surface area contributed by atoms with Crippen molar-refractivity contribution in [3.05, 3.63) is 58.7 Å². The molecule has 0 aliphatic rings. The van der Waals surface area contributed by atoms with E-state index in [0.29, 0.717) is 5.15 Å². The van der Waals surface area contributed by atoms with Crippen molar-refractivity contribution in [1.29, 1.82) is 0 Å². The molecule has 1 N–H and O–H groups in total. The molecule has 0 saturated carbocycles. The van der Waals surface area contributed by atoms with Crippen LogP contribution in [0.2, 0.25) is 5.15 Å². The molecule has 0 atom stereocenters. The molecule has 0 bridgehead atoms. The van der Waals surface area contributed by atoms with Crippen LogP contribution in [0.1, 0.15) is 18.1 Å². The lowest BCUT2D eigenvalue weighted by molar-refractivity contribution is 1.03. The van der Waals surface area contributed by atoms with E-state index in [1.54, 1.807) is 6.07 Å². The number of pyridine rings is 1. The molecule has 3 heteroatoms. The highest BCUT2D eigenvalue weighted by molar-refractivity contribution is 6.29. The SMILES string of the molecule is CCc1ccccc1CNc1cccc(Cl)n1. The van der Waals surface area contributed by atoms with Crippen LogP contribution in [-0.4, -0.2) is 4.98 Å². The van der Waals surface area contributed by atoms with Gasteiger partial charge in [0.25, 0.3) is 0 Å². The summed E-state index contributed by atoms with van der Waals surface area (Å²) in [6, 6.07) is 14.0. The van der Waals surface area contributed by atoms with E-state index in [0.717, 1.165) is 18.8 Å². The topological polar surface area (TPSA) is 24.9 Å². The van der Waals surface area contributed by atoms with Crippen molar-refractivity contribution < 1.29 is 0 Å². The maximum absolute atomic E-state index is 5.83. The number of aromatic nitrogens is 1. The Balaban J connectivity index is 2.07. The number of nitrogens with one attached hydrogen (secondary N) is 1. The first-order chi connectivity index (χ1) is 8.29. The number of rotatable bonds is 4. The van der Waals surface area contributed by atoms with Crippen LogP contribution >= 0.6 is 11.6 Å². The van der Waals surface area contributed by atoms with Crippen LogP contribution in [0.4, 0.5) is 5.82 Å². The summed E-state index contributed by atoms with van der Waals surface area (Å²) in [6.45, 7) is 2.94. The highest BCUT2D eigenvalue weighted by atomic mass is 35.5. The van der Waals surface area contributed by atoms with Gasteiger partial charge in [0.05, 0.1) is 0 Å². The predicted molar refractivity (Wildman–Crippen MR) is 72.4 cm³/mol. The van der Waals surface area contributed by atoms with Gasteiger partial charge in [-0.1, -0.05) is 48.9 Å². The molecule has 88 valence electrons. The zero-order valence-corrected chi connectivity index (χ0v) is 10.5. The van der Waals surface area contributed by atoms with Gasteiger partial charge in [0, 0.05) is 6.54 Å². The Morgan fingerprint density at radius 2 is 1.82 bits per heavy atom. The van der Waals surface area contributed by atoms with Gasteiger partial charge in [-0.05, 0) is 29.7 Å². The molecule has 1 aromatic carbocycles. The summed E-state index contributed by atoms with van der Waals surface area (Å²) < 4.78 is 0. The Labute approximate surface area is 107 Å². The van der Waals surface area contributed by atoms with Gasteiger partial charge in [0.15, 0.2) is 0 Å². The fourth-order valence-electron chi connectivity index (χ4n) is 1.77. The van der Waals surface area contributed by atoms with Gasteiger partial charge in [-0.3, -0.25) is 0 Å². The van der Waals surface area contributed by atoms with Crippen LogP contribution in [-0.2, 0) is 13.0 Å². The molecule has 1 heterocycles. The first-order valence-electron chi connectivity index (χ1n) is 5.73. The lowest BCUT2D eigenvalue weighted by Gasteiger charge is -2.09. The fraction of sp³-hybridized carbons (Fsp3) is 0.214. The normalized spacial score (nSPS) is 10.2. The molecule has 0 radical (unpaired) electrons. The molecule has 17 heavy (non-hydrogen) atoms. The Morgan fingerprint density at radius 1 is 1.06 bits per heavy atom. The number of halogens is 1. The molecule has 0 amide bonds. The minimum atomic E-state index is 0.513. The second-order valence-electron chi connectivity index (χ2n) is 3.82. The average molecular weight is 247 g/mol. The summed E-state index contributed by atoms with van der Waals surface area (Å²) in [6.07, 6.45) is 1.04. The molecule has 0 spiro atoms. The molecule has 0 unspecified atom stereocenters. The molecule has 0 fully saturated rings. The standard InChI is InChI=1S/C14H15ClN2/c1-2-11-6-3-4-7-12(11)10-16-14-9-5-8-13(15)17-14/h3-9H,2,10H2,1H3,(H,16,17). The van der Waals surface area contributed by atoms with Gasteiger partial charge >= 0.3 is 0 Å². The highest BCUT2D eigenvalue weighted by Crippen LogP contribution is 2.13. The molecule has 2 nitrogen and oxygen atoms in total. The molecule has 2 aromatic rings. The second kappa shape index (κ2) is 5.69. The van der Waals surface area contributed by atoms with E-state index >= 15 is 0 Å². The van der Waals surface area contributed by atoms with E-state index in [2.05, 4.69) is 41.5 Å². The third kappa shape index (κ3) is 3.21. The Hall–Kier alpha value is -1.54. The van der Waals surface area contributed by atoms with Crippen molar-refractivity contribution in [3.8, 4) is 0 Å². The third-order valence-corrected chi connectivity index (χ3v) is 2.88. The van der Waals surface area contributed by atoms with Gasteiger partial charge in [-0.2, -0.15) is 0 Å². The number of aryl methyl sites for hydroxylation is 1. The van der Waals surface area contributed by atoms with Crippen molar-refractivity contribution in [2.75, 3.05) is 5.32 Å². The molecule has 0 aliphatic heterocycles. The van der Waals surface area contributed by atoms with Crippen LogP contribution in [0.3, 0.4) is 0 Å². The third-order valence-electron chi connectivity index (χ3n) is 2.67. The predicted octanol–water partition coefficient (Wildman–Crippen LogP) is 3.91. The maximum Gasteiger partial charge on any atom is 0.131 e. The van der Waals surface area contributed by atoms with Crippen molar-refractivity contribution in [2.24, 2.45) is 0 Å². The zero-order chi connectivity index (χ0) is 12.1. The van der Waals surface area contributed by atoms with Gasteiger partial charge in [-0.25, -0.2) is 4.98 Å². The quantitative estimate of drug-likeness (QED) is 0.828. The Morgan fingerprint density at radius 3 is 2.53 bits per heavy atom. The van der Waals surface area contributed by atoms with E-state index in [4.69, 9.17) is 11.6 Å². The van der Waals surface area contributed by atoms with Crippen molar-refractivity contribution in [3.63, 3.8) is 0 Å². The van der Waals surface area contributed by atoms with Crippen LogP contribution in [0, 0.1) is 0 Å². The highest BCUT2D eigenvalue weighted by Gasteiger charge is 2.00. The summed E-state index contributed by atoms with van der Waals surface area (Å²) >= 11 is 5.83.